The van der Waals surface area contributed by atoms with Gasteiger partial charge in [-0.25, -0.2) is 4.39 Å². The number of benzene rings is 1. The molecule has 1 heterocycles. The molecule has 5 heteroatoms. The van der Waals surface area contributed by atoms with Gasteiger partial charge in [0.15, 0.2) is 6.04 Å². The molecule has 0 aromatic heterocycles. The zero-order valence-corrected chi connectivity index (χ0v) is 15.8. The van der Waals surface area contributed by atoms with Crippen LogP contribution in [0.15, 0.2) is 35.9 Å². The van der Waals surface area contributed by atoms with Crippen LogP contribution in [0.1, 0.15) is 39.0 Å². The normalized spacial score (nSPS) is 19.8. The molecule has 4 nitrogen and oxygen atoms in total. The minimum absolute atomic E-state index is 0.0225. The van der Waals surface area contributed by atoms with Crippen LogP contribution in [0.25, 0.3) is 0 Å². The van der Waals surface area contributed by atoms with Crippen molar-refractivity contribution in [2.24, 2.45) is 0 Å². The summed E-state index contributed by atoms with van der Waals surface area (Å²) in [6, 6.07) is 6.65. The standard InChI is InChI=1S/C21H30FN3O/c1-17(21(26)23-12-11-18-5-3-2-4-6-18)24-13-15-25(16-14-24)20-9-7-19(22)8-10-20/h5,7-10,17H,2-4,6,11-16H2,1H3,(H,23,26)/p+1/t17-/m1/s1. The maximum atomic E-state index is 13.1. The monoisotopic (exact) mass is 360 g/mol. The predicted octanol–water partition coefficient (Wildman–Crippen LogP) is 1.93. The van der Waals surface area contributed by atoms with Crippen LogP contribution in [-0.4, -0.2) is 44.7 Å². The molecular weight excluding hydrogens is 329 g/mol. The van der Waals surface area contributed by atoms with Crippen LogP contribution in [-0.2, 0) is 4.79 Å². The Morgan fingerprint density at radius 3 is 2.62 bits per heavy atom. The van der Waals surface area contributed by atoms with Crippen molar-refractivity contribution in [3.8, 4) is 0 Å². The number of nitrogens with zero attached hydrogens (tertiary/aromatic N) is 1. The number of nitrogens with one attached hydrogen (secondary N) is 2. The lowest BCUT2D eigenvalue weighted by Gasteiger charge is -2.36. The van der Waals surface area contributed by atoms with Crippen molar-refractivity contribution in [3.05, 3.63) is 41.7 Å². The van der Waals surface area contributed by atoms with Crippen LogP contribution in [0, 0.1) is 5.82 Å². The number of anilines is 1. The van der Waals surface area contributed by atoms with Crippen LogP contribution in [0.2, 0.25) is 0 Å². The summed E-state index contributed by atoms with van der Waals surface area (Å²) < 4.78 is 13.1. The predicted molar refractivity (Wildman–Crippen MR) is 103 cm³/mol. The van der Waals surface area contributed by atoms with Gasteiger partial charge in [0.2, 0.25) is 0 Å². The Morgan fingerprint density at radius 1 is 1.23 bits per heavy atom. The Balaban J connectivity index is 1.41. The topological polar surface area (TPSA) is 36.8 Å². The molecule has 2 N–H and O–H groups in total. The summed E-state index contributed by atoms with van der Waals surface area (Å²) in [7, 11) is 0. The SMILES string of the molecule is C[C@H](C(=O)NCCC1=CCCCC1)[NH+]1CCN(c2ccc(F)cc2)CC1. The van der Waals surface area contributed by atoms with Crippen molar-refractivity contribution in [1.82, 2.24) is 5.32 Å². The average molecular weight is 360 g/mol. The molecule has 0 bridgehead atoms. The van der Waals surface area contributed by atoms with E-state index in [1.165, 1.54) is 48.3 Å². The Morgan fingerprint density at radius 2 is 1.96 bits per heavy atom. The number of quaternary nitrogens is 1. The number of carbonyl (C=O) groups is 1. The van der Waals surface area contributed by atoms with Crippen molar-refractivity contribution >= 4 is 11.6 Å². The maximum Gasteiger partial charge on any atom is 0.278 e. The number of carbonyl (C=O) groups excluding carboxylic acids is 1. The highest BCUT2D eigenvalue weighted by molar-refractivity contribution is 5.79. The van der Waals surface area contributed by atoms with Gasteiger partial charge < -0.3 is 15.1 Å². The van der Waals surface area contributed by atoms with Crippen LogP contribution in [0.3, 0.4) is 0 Å². The van der Waals surface area contributed by atoms with E-state index >= 15 is 0 Å². The molecule has 26 heavy (non-hydrogen) atoms. The molecule has 0 unspecified atom stereocenters. The van der Waals surface area contributed by atoms with E-state index in [-0.39, 0.29) is 17.8 Å². The first kappa shape index (κ1) is 18.9. The third-order valence-electron chi connectivity index (χ3n) is 5.73. The first-order chi connectivity index (χ1) is 12.6. The van der Waals surface area contributed by atoms with Gasteiger partial charge in [0, 0.05) is 12.2 Å². The Kier molecular flexibility index (Phi) is 6.67. The van der Waals surface area contributed by atoms with Crippen molar-refractivity contribution in [2.45, 2.75) is 45.1 Å². The van der Waals surface area contributed by atoms with Gasteiger partial charge in [-0.3, -0.25) is 4.79 Å². The fourth-order valence-electron chi connectivity index (χ4n) is 3.95. The van der Waals surface area contributed by atoms with Gasteiger partial charge in [-0.05, 0) is 63.3 Å². The van der Waals surface area contributed by atoms with Crippen LogP contribution >= 0.6 is 0 Å². The van der Waals surface area contributed by atoms with E-state index in [1.807, 2.05) is 19.1 Å². The van der Waals surface area contributed by atoms with Crippen molar-refractivity contribution in [2.75, 3.05) is 37.6 Å². The first-order valence-corrected chi connectivity index (χ1v) is 9.94. The number of piperazine rings is 1. The fourth-order valence-corrected chi connectivity index (χ4v) is 3.95. The first-order valence-electron chi connectivity index (χ1n) is 9.94. The summed E-state index contributed by atoms with van der Waals surface area (Å²) in [6.07, 6.45) is 8.33. The van der Waals surface area contributed by atoms with E-state index in [0.29, 0.717) is 0 Å². The Hall–Kier alpha value is -1.88. The second-order valence-corrected chi connectivity index (χ2v) is 7.49. The number of halogens is 1. The highest BCUT2D eigenvalue weighted by Gasteiger charge is 2.29. The van der Waals surface area contributed by atoms with E-state index in [9.17, 15) is 9.18 Å². The number of hydrogen-bond acceptors (Lipinski definition) is 2. The molecule has 1 saturated heterocycles. The van der Waals surface area contributed by atoms with Crippen LogP contribution in [0.4, 0.5) is 10.1 Å². The molecule has 0 saturated carbocycles. The second kappa shape index (κ2) is 9.17. The molecular formula is C21H31FN3O+. The Labute approximate surface area is 156 Å². The number of rotatable bonds is 6. The third-order valence-corrected chi connectivity index (χ3v) is 5.73. The van der Waals surface area contributed by atoms with Gasteiger partial charge in [-0.1, -0.05) is 11.6 Å². The van der Waals surface area contributed by atoms with E-state index < -0.39 is 0 Å². The molecule has 0 radical (unpaired) electrons. The second-order valence-electron chi connectivity index (χ2n) is 7.49. The molecule has 1 aromatic carbocycles. The molecule has 1 amide bonds. The van der Waals surface area contributed by atoms with Gasteiger partial charge in [-0.2, -0.15) is 0 Å². The van der Waals surface area contributed by atoms with Crippen molar-refractivity contribution in [3.63, 3.8) is 0 Å². The van der Waals surface area contributed by atoms with Crippen molar-refractivity contribution in [1.29, 1.82) is 0 Å². The molecule has 1 aliphatic heterocycles. The van der Waals surface area contributed by atoms with Gasteiger partial charge in [-0.15, -0.1) is 0 Å². The zero-order chi connectivity index (χ0) is 18.4. The molecule has 2 aliphatic rings. The molecule has 1 aliphatic carbocycles. The summed E-state index contributed by atoms with van der Waals surface area (Å²) in [5.74, 6) is -0.0427. The van der Waals surface area contributed by atoms with Gasteiger partial charge in [0.1, 0.15) is 5.82 Å². The average Bonchev–Trinajstić information content (AvgIpc) is 2.69. The molecule has 1 fully saturated rings. The van der Waals surface area contributed by atoms with Crippen LogP contribution < -0.4 is 15.1 Å². The third kappa shape index (κ3) is 5.07. The lowest BCUT2D eigenvalue weighted by atomic mass is 9.97. The van der Waals surface area contributed by atoms with Gasteiger partial charge >= 0.3 is 0 Å². The van der Waals surface area contributed by atoms with E-state index in [2.05, 4.69) is 16.3 Å². The minimum Gasteiger partial charge on any atom is -0.360 e. The minimum atomic E-state index is -0.202. The number of allylic oxidation sites excluding steroid dienone is 1. The molecule has 142 valence electrons. The summed E-state index contributed by atoms with van der Waals surface area (Å²) in [4.78, 5) is 16.1. The van der Waals surface area contributed by atoms with Crippen molar-refractivity contribution < 1.29 is 14.1 Å². The number of amides is 1. The molecule has 1 aromatic rings. The maximum absolute atomic E-state index is 13.1. The largest absolute Gasteiger partial charge is 0.360 e. The fraction of sp³-hybridized carbons (Fsp3) is 0.571. The van der Waals surface area contributed by atoms with E-state index in [0.717, 1.165) is 44.8 Å². The van der Waals surface area contributed by atoms with Gasteiger partial charge in [0.25, 0.3) is 5.91 Å². The lowest BCUT2D eigenvalue weighted by Crippen LogP contribution is -3.19. The van der Waals surface area contributed by atoms with Crippen LogP contribution in [0.5, 0.6) is 0 Å². The summed E-state index contributed by atoms with van der Waals surface area (Å²) >= 11 is 0. The highest BCUT2D eigenvalue weighted by Crippen LogP contribution is 2.19. The zero-order valence-electron chi connectivity index (χ0n) is 15.8. The van der Waals surface area contributed by atoms with E-state index in [1.54, 1.807) is 0 Å². The van der Waals surface area contributed by atoms with Gasteiger partial charge in [0.05, 0.1) is 26.2 Å². The lowest BCUT2D eigenvalue weighted by molar-refractivity contribution is -0.914. The number of hydrogen-bond donors (Lipinski definition) is 2. The summed E-state index contributed by atoms with van der Waals surface area (Å²) in [5, 5.41) is 3.12. The highest BCUT2D eigenvalue weighted by atomic mass is 19.1. The summed E-state index contributed by atoms with van der Waals surface area (Å²) in [5.41, 5.74) is 2.56. The quantitative estimate of drug-likeness (QED) is 0.761. The molecule has 3 rings (SSSR count). The molecule has 0 spiro atoms. The van der Waals surface area contributed by atoms with E-state index in [4.69, 9.17) is 0 Å². The summed E-state index contributed by atoms with van der Waals surface area (Å²) in [6.45, 7) is 6.42. The Bertz CT molecular complexity index is 621. The molecule has 1 atom stereocenters. The smallest absolute Gasteiger partial charge is 0.278 e.